The third-order valence-electron chi connectivity index (χ3n) is 4.31. The van der Waals surface area contributed by atoms with Crippen molar-refractivity contribution >= 4 is 5.97 Å². The van der Waals surface area contributed by atoms with Crippen molar-refractivity contribution in [1.82, 2.24) is 0 Å². The molecule has 1 rings (SSSR count). The summed E-state index contributed by atoms with van der Waals surface area (Å²) >= 11 is 0. The maximum atomic E-state index is 12.4. The molecule has 0 aromatic heterocycles. The number of hydrogen-bond donors (Lipinski definition) is 0. The average Bonchev–Trinajstić information content (AvgIpc) is 2.51. The lowest BCUT2D eigenvalue weighted by molar-refractivity contribution is -0.145. The minimum Gasteiger partial charge on any atom is -0.426 e. The lowest BCUT2D eigenvalue weighted by Gasteiger charge is -2.25. The van der Waals surface area contributed by atoms with Crippen LogP contribution in [-0.4, -0.2) is 5.97 Å². The van der Waals surface area contributed by atoms with E-state index in [1.165, 1.54) is 32.1 Å². The number of carbonyl (C=O) groups excluding carboxylic acids is 1. The molecule has 0 spiro atoms. The molecule has 2 nitrogen and oxygen atoms in total. The molecule has 1 aromatic rings. The monoisotopic (exact) mass is 290 g/mol. The van der Waals surface area contributed by atoms with Crippen LogP contribution in [0.25, 0.3) is 0 Å². The molecule has 0 saturated heterocycles. The number of carbonyl (C=O) groups is 1. The second-order valence-electron chi connectivity index (χ2n) is 6.13. The van der Waals surface area contributed by atoms with Gasteiger partial charge in [-0.15, -0.1) is 0 Å². The van der Waals surface area contributed by atoms with Crippen LogP contribution < -0.4 is 4.74 Å². The minimum atomic E-state index is -0.361. The maximum absolute atomic E-state index is 12.4. The normalized spacial score (nSPS) is 13.7. The van der Waals surface area contributed by atoms with Gasteiger partial charge in [-0.05, 0) is 31.9 Å². The summed E-state index contributed by atoms with van der Waals surface area (Å²) < 4.78 is 5.53. The number of esters is 1. The Morgan fingerprint density at radius 1 is 1.00 bits per heavy atom. The molecule has 0 fully saturated rings. The third-order valence-corrected chi connectivity index (χ3v) is 4.31. The standard InChI is InChI=1S/C19H30O2/c1-4-6-7-8-9-13-16-19(3,5-2)18(20)21-17-14-11-10-12-15-17/h10-12,14-15H,4-9,13,16H2,1-3H3. The van der Waals surface area contributed by atoms with E-state index >= 15 is 0 Å². The first-order chi connectivity index (χ1) is 10.1. The topological polar surface area (TPSA) is 26.3 Å². The lowest BCUT2D eigenvalue weighted by atomic mass is 9.82. The molecule has 1 unspecified atom stereocenters. The molecular weight excluding hydrogens is 260 g/mol. The van der Waals surface area contributed by atoms with Crippen LogP contribution in [0.3, 0.4) is 0 Å². The zero-order chi connectivity index (χ0) is 15.6. The quantitative estimate of drug-likeness (QED) is 0.311. The Balaban J connectivity index is 2.41. The van der Waals surface area contributed by atoms with Crippen LogP contribution in [0.15, 0.2) is 30.3 Å². The van der Waals surface area contributed by atoms with Gasteiger partial charge in [-0.1, -0.05) is 70.6 Å². The molecule has 0 radical (unpaired) electrons. The van der Waals surface area contributed by atoms with E-state index < -0.39 is 0 Å². The first kappa shape index (κ1) is 17.7. The molecule has 0 N–H and O–H groups in total. The van der Waals surface area contributed by atoms with Crippen LogP contribution in [0.4, 0.5) is 0 Å². The third kappa shape index (κ3) is 6.33. The maximum Gasteiger partial charge on any atom is 0.317 e. The van der Waals surface area contributed by atoms with E-state index in [-0.39, 0.29) is 11.4 Å². The fourth-order valence-corrected chi connectivity index (χ4v) is 2.44. The molecular formula is C19H30O2. The number of rotatable bonds is 10. The van der Waals surface area contributed by atoms with E-state index in [2.05, 4.69) is 13.8 Å². The van der Waals surface area contributed by atoms with Crippen molar-refractivity contribution in [2.45, 2.75) is 72.1 Å². The average molecular weight is 290 g/mol. The van der Waals surface area contributed by atoms with Gasteiger partial charge in [0.25, 0.3) is 0 Å². The Hall–Kier alpha value is -1.31. The molecule has 0 aliphatic heterocycles. The Labute approximate surface area is 129 Å². The van der Waals surface area contributed by atoms with Gasteiger partial charge in [0.1, 0.15) is 5.75 Å². The van der Waals surface area contributed by atoms with Crippen molar-refractivity contribution in [3.63, 3.8) is 0 Å². The summed E-state index contributed by atoms with van der Waals surface area (Å²) in [7, 11) is 0. The molecule has 0 aliphatic rings. The van der Waals surface area contributed by atoms with Crippen molar-refractivity contribution in [3.8, 4) is 5.75 Å². The van der Waals surface area contributed by atoms with E-state index in [0.29, 0.717) is 5.75 Å². The first-order valence-electron chi connectivity index (χ1n) is 8.39. The van der Waals surface area contributed by atoms with Crippen LogP contribution in [-0.2, 0) is 4.79 Å². The number of para-hydroxylation sites is 1. The summed E-state index contributed by atoms with van der Waals surface area (Å²) in [4.78, 5) is 12.4. The fraction of sp³-hybridized carbons (Fsp3) is 0.632. The summed E-state index contributed by atoms with van der Waals surface area (Å²) in [5.74, 6) is 0.551. The summed E-state index contributed by atoms with van der Waals surface area (Å²) in [5.41, 5.74) is -0.361. The predicted octanol–water partition coefficient (Wildman–Crippen LogP) is 5.76. The lowest BCUT2D eigenvalue weighted by Crippen LogP contribution is -2.31. The van der Waals surface area contributed by atoms with Crippen LogP contribution in [0.5, 0.6) is 5.75 Å². The van der Waals surface area contributed by atoms with Gasteiger partial charge < -0.3 is 4.74 Å². The molecule has 1 aromatic carbocycles. The largest absolute Gasteiger partial charge is 0.426 e. The van der Waals surface area contributed by atoms with Crippen LogP contribution in [0.2, 0.25) is 0 Å². The van der Waals surface area contributed by atoms with Crippen molar-refractivity contribution in [2.24, 2.45) is 5.41 Å². The van der Waals surface area contributed by atoms with Gasteiger partial charge in [0.15, 0.2) is 0 Å². The number of hydrogen-bond acceptors (Lipinski definition) is 2. The van der Waals surface area contributed by atoms with E-state index in [9.17, 15) is 4.79 Å². The highest BCUT2D eigenvalue weighted by atomic mass is 16.5. The Morgan fingerprint density at radius 2 is 1.62 bits per heavy atom. The zero-order valence-electron chi connectivity index (χ0n) is 13.9. The van der Waals surface area contributed by atoms with E-state index in [4.69, 9.17) is 4.74 Å². The highest BCUT2D eigenvalue weighted by Gasteiger charge is 2.32. The van der Waals surface area contributed by atoms with Crippen molar-refractivity contribution in [2.75, 3.05) is 0 Å². The molecule has 0 heterocycles. The predicted molar refractivity (Wildman–Crippen MR) is 88.5 cm³/mol. The molecule has 0 bridgehead atoms. The van der Waals surface area contributed by atoms with Crippen molar-refractivity contribution in [1.29, 1.82) is 0 Å². The zero-order valence-corrected chi connectivity index (χ0v) is 13.9. The van der Waals surface area contributed by atoms with E-state index in [1.807, 2.05) is 37.3 Å². The number of ether oxygens (including phenoxy) is 1. The molecule has 21 heavy (non-hydrogen) atoms. The Morgan fingerprint density at radius 3 is 2.24 bits per heavy atom. The van der Waals surface area contributed by atoms with Crippen LogP contribution in [0, 0.1) is 5.41 Å². The highest BCUT2D eigenvalue weighted by molar-refractivity contribution is 5.78. The van der Waals surface area contributed by atoms with Gasteiger partial charge in [0.05, 0.1) is 5.41 Å². The SMILES string of the molecule is CCCCCCCCC(C)(CC)C(=O)Oc1ccccc1. The van der Waals surface area contributed by atoms with Gasteiger partial charge in [0, 0.05) is 0 Å². The van der Waals surface area contributed by atoms with Gasteiger partial charge >= 0.3 is 5.97 Å². The van der Waals surface area contributed by atoms with Gasteiger partial charge in [0.2, 0.25) is 0 Å². The summed E-state index contributed by atoms with van der Waals surface area (Å²) in [6.07, 6.45) is 9.26. The van der Waals surface area contributed by atoms with Crippen LogP contribution in [0.1, 0.15) is 72.1 Å². The first-order valence-corrected chi connectivity index (χ1v) is 8.39. The second kappa shape index (κ2) is 9.59. The summed E-state index contributed by atoms with van der Waals surface area (Å²) in [6.45, 7) is 6.33. The molecule has 1 atom stereocenters. The van der Waals surface area contributed by atoms with Crippen molar-refractivity contribution < 1.29 is 9.53 Å². The highest BCUT2D eigenvalue weighted by Crippen LogP contribution is 2.31. The van der Waals surface area contributed by atoms with Gasteiger partial charge in [-0.25, -0.2) is 0 Å². The van der Waals surface area contributed by atoms with Gasteiger partial charge in [-0.2, -0.15) is 0 Å². The molecule has 0 amide bonds. The Bertz CT molecular complexity index is 399. The summed E-state index contributed by atoms with van der Waals surface area (Å²) in [5, 5.41) is 0. The minimum absolute atomic E-state index is 0.0928. The van der Waals surface area contributed by atoms with Crippen LogP contribution >= 0.6 is 0 Å². The molecule has 2 heteroatoms. The molecule has 0 aliphatic carbocycles. The fourth-order valence-electron chi connectivity index (χ4n) is 2.44. The van der Waals surface area contributed by atoms with Crippen molar-refractivity contribution in [3.05, 3.63) is 30.3 Å². The molecule has 118 valence electrons. The second-order valence-corrected chi connectivity index (χ2v) is 6.13. The summed E-state index contributed by atoms with van der Waals surface area (Å²) in [6, 6.07) is 9.36. The van der Waals surface area contributed by atoms with E-state index in [0.717, 1.165) is 19.3 Å². The number of benzene rings is 1. The van der Waals surface area contributed by atoms with Gasteiger partial charge in [-0.3, -0.25) is 4.79 Å². The number of unbranched alkanes of at least 4 members (excludes halogenated alkanes) is 5. The van der Waals surface area contributed by atoms with E-state index in [1.54, 1.807) is 0 Å². The molecule has 0 saturated carbocycles. The smallest absolute Gasteiger partial charge is 0.317 e. The Kier molecular flexibility index (Phi) is 8.11.